The van der Waals surface area contributed by atoms with Crippen LogP contribution < -0.4 is 11.5 Å². The van der Waals surface area contributed by atoms with Crippen LogP contribution in [0, 0.1) is 6.92 Å². The Kier molecular flexibility index (Phi) is 3.98. The maximum absolute atomic E-state index is 13.0. The summed E-state index contributed by atoms with van der Waals surface area (Å²) in [6.07, 6.45) is 0. The Hall–Kier alpha value is -2.51. The van der Waals surface area contributed by atoms with Gasteiger partial charge in [-0.3, -0.25) is 0 Å². The zero-order chi connectivity index (χ0) is 17.5. The van der Waals surface area contributed by atoms with Crippen molar-refractivity contribution in [1.82, 2.24) is 9.78 Å². The number of anilines is 2. The zero-order valence-electron chi connectivity index (χ0n) is 12.8. The highest BCUT2D eigenvalue weighted by Gasteiger charge is 2.28. The maximum atomic E-state index is 13.0. The van der Waals surface area contributed by atoms with Gasteiger partial charge in [-0.05, 0) is 37.3 Å². The monoisotopic (exact) mass is 362 g/mol. The van der Waals surface area contributed by atoms with E-state index in [2.05, 4.69) is 5.10 Å². The van der Waals surface area contributed by atoms with Crippen molar-refractivity contribution >= 4 is 32.9 Å². The van der Waals surface area contributed by atoms with Crippen molar-refractivity contribution in [2.75, 3.05) is 11.5 Å². The predicted molar refractivity (Wildman–Crippen MR) is 94.0 cm³/mol. The summed E-state index contributed by atoms with van der Waals surface area (Å²) in [5.41, 5.74) is 13.0. The SMILES string of the molecule is Cc1nn(-c2ccccc2)c(N)c1S(=O)(=O)c1ccc(N)c(Cl)c1. The molecule has 1 heterocycles. The Labute approximate surface area is 144 Å². The molecule has 0 spiro atoms. The van der Waals surface area contributed by atoms with Crippen LogP contribution in [0.2, 0.25) is 5.02 Å². The lowest BCUT2D eigenvalue weighted by Crippen LogP contribution is -2.08. The third kappa shape index (κ3) is 2.61. The van der Waals surface area contributed by atoms with E-state index >= 15 is 0 Å². The van der Waals surface area contributed by atoms with Crippen LogP contribution in [-0.2, 0) is 9.84 Å². The number of aromatic nitrogens is 2. The van der Waals surface area contributed by atoms with E-state index in [-0.39, 0.29) is 20.6 Å². The summed E-state index contributed by atoms with van der Waals surface area (Å²) < 4.78 is 27.3. The van der Waals surface area contributed by atoms with Gasteiger partial charge >= 0.3 is 0 Å². The van der Waals surface area contributed by atoms with Crippen LogP contribution in [0.1, 0.15) is 5.69 Å². The van der Waals surface area contributed by atoms with Gasteiger partial charge in [-0.25, -0.2) is 13.1 Å². The number of rotatable bonds is 3. The summed E-state index contributed by atoms with van der Waals surface area (Å²) in [7, 11) is -3.88. The lowest BCUT2D eigenvalue weighted by molar-refractivity contribution is 0.596. The second kappa shape index (κ2) is 5.85. The normalized spacial score (nSPS) is 11.6. The molecule has 0 unspecified atom stereocenters. The summed E-state index contributed by atoms with van der Waals surface area (Å²) in [5, 5.41) is 4.44. The minimum atomic E-state index is -3.88. The molecule has 6 nitrogen and oxygen atoms in total. The van der Waals surface area contributed by atoms with E-state index in [1.165, 1.54) is 22.9 Å². The predicted octanol–water partition coefficient (Wildman–Crippen LogP) is 2.83. The van der Waals surface area contributed by atoms with Gasteiger partial charge in [0.1, 0.15) is 10.7 Å². The van der Waals surface area contributed by atoms with Gasteiger partial charge in [0, 0.05) is 0 Å². The molecule has 124 valence electrons. The van der Waals surface area contributed by atoms with E-state index in [1.807, 2.05) is 18.2 Å². The lowest BCUT2D eigenvalue weighted by atomic mass is 10.3. The molecular formula is C16H15ClN4O2S. The number of para-hydroxylation sites is 1. The fraction of sp³-hybridized carbons (Fsp3) is 0.0625. The molecule has 0 saturated carbocycles. The van der Waals surface area contributed by atoms with Crippen molar-refractivity contribution in [3.05, 3.63) is 59.2 Å². The third-order valence-electron chi connectivity index (χ3n) is 3.59. The standard InChI is InChI=1S/C16H15ClN4O2S/c1-10-15(16(19)21(20-10)11-5-3-2-4-6-11)24(22,23)12-7-8-14(18)13(17)9-12/h2-9H,18-19H2,1H3. The van der Waals surface area contributed by atoms with E-state index in [4.69, 9.17) is 23.1 Å². The highest BCUT2D eigenvalue weighted by atomic mass is 35.5. The molecule has 0 amide bonds. The van der Waals surface area contributed by atoms with Gasteiger partial charge in [0.2, 0.25) is 9.84 Å². The van der Waals surface area contributed by atoms with Gasteiger partial charge < -0.3 is 11.5 Å². The zero-order valence-corrected chi connectivity index (χ0v) is 14.3. The first-order valence-corrected chi connectivity index (χ1v) is 8.89. The van der Waals surface area contributed by atoms with Crippen molar-refractivity contribution in [1.29, 1.82) is 0 Å². The van der Waals surface area contributed by atoms with E-state index in [9.17, 15) is 8.42 Å². The Morgan fingerprint density at radius 2 is 1.75 bits per heavy atom. The molecular weight excluding hydrogens is 348 g/mol. The molecule has 8 heteroatoms. The smallest absolute Gasteiger partial charge is 0.212 e. The van der Waals surface area contributed by atoms with E-state index in [1.54, 1.807) is 19.1 Å². The molecule has 0 atom stereocenters. The Morgan fingerprint density at radius 3 is 2.38 bits per heavy atom. The molecule has 0 bridgehead atoms. The van der Waals surface area contributed by atoms with Crippen LogP contribution in [0.25, 0.3) is 5.69 Å². The van der Waals surface area contributed by atoms with E-state index in [0.717, 1.165) is 0 Å². The molecule has 3 rings (SSSR count). The van der Waals surface area contributed by atoms with Crippen molar-refractivity contribution < 1.29 is 8.42 Å². The molecule has 0 aliphatic carbocycles. The van der Waals surface area contributed by atoms with Crippen LogP contribution in [0.5, 0.6) is 0 Å². The first-order valence-electron chi connectivity index (χ1n) is 7.03. The molecule has 0 fully saturated rings. The Balaban J connectivity index is 2.19. The number of benzene rings is 2. The van der Waals surface area contributed by atoms with Gasteiger partial charge in [-0.2, -0.15) is 5.10 Å². The quantitative estimate of drug-likeness (QED) is 0.697. The molecule has 4 N–H and O–H groups in total. The van der Waals surface area contributed by atoms with E-state index < -0.39 is 9.84 Å². The molecule has 0 aliphatic heterocycles. The number of hydrogen-bond acceptors (Lipinski definition) is 5. The van der Waals surface area contributed by atoms with Gasteiger partial charge in [-0.1, -0.05) is 29.8 Å². The number of halogens is 1. The number of sulfone groups is 1. The topological polar surface area (TPSA) is 104 Å². The van der Waals surface area contributed by atoms with Gasteiger partial charge in [0.15, 0.2) is 0 Å². The van der Waals surface area contributed by atoms with Crippen molar-refractivity contribution in [3.8, 4) is 5.69 Å². The minimum Gasteiger partial charge on any atom is -0.398 e. The summed E-state index contributed by atoms with van der Waals surface area (Å²) >= 11 is 5.95. The molecule has 2 aromatic carbocycles. The Bertz CT molecular complexity index is 1010. The Morgan fingerprint density at radius 1 is 1.08 bits per heavy atom. The maximum Gasteiger partial charge on any atom is 0.212 e. The van der Waals surface area contributed by atoms with Crippen LogP contribution in [-0.4, -0.2) is 18.2 Å². The molecule has 0 radical (unpaired) electrons. The summed E-state index contributed by atoms with van der Waals surface area (Å²) in [4.78, 5) is -0.0173. The number of nitrogens with two attached hydrogens (primary N) is 2. The number of nitrogen functional groups attached to an aromatic ring is 2. The van der Waals surface area contributed by atoms with Gasteiger partial charge in [-0.15, -0.1) is 0 Å². The minimum absolute atomic E-state index is 0.0177. The third-order valence-corrected chi connectivity index (χ3v) is 5.84. The highest BCUT2D eigenvalue weighted by Crippen LogP contribution is 2.32. The van der Waals surface area contributed by atoms with Gasteiger partial charge in [0.05, 0.1) is 27.0 Å². The molecule has 3 aromatic rings. The van der Waals surface area contributed by atoms with Crippen molar-refractivity contribution in [2.45, 2.75) is 16.7 Å². The second-order valence-corrected chi connectivity index (χ2v) is 7.53. The number of nitrogens with zero attached hydrogens (tertiary/aromatic N) is 2. The summed E-state index contributed by atoms with van der Waals surface area (Å²) in [5.74, 6) is 0.0478. The van der Waals surface area contributed by atoms with Crippen LogP contribution in [0.15, 0.2) is 58.3 Å². The largest absolute Gasteiger partial charge is 0.398 e. The van der Waals surface area contributed by atoms with Crippen LogP contribution in [0.4, 0.5) is 11.5 Å². The van der Waals surface area contributed by atoms with Gasteiger partial charge in [0.25, 0.3) is 0 Å². The summed E-state index contributed by atoms with van der Waals surface area (Å²) in [6.45, 7) is 1.60. The fourth-order valence-electron chi connectivity index (χ4n) is 2.42. The second-order valence-electron chi connectivity index (χ2n) is 5.23. The average Bonchev–Trinajstić information content (AvgIpc) is 2.86. The first kappa shape index (κ1) is 16.4. The average molecular weight is 363 g/mol. The van der Waals surface area contributed by atoms with E-state index in [0.29, 0.717) is 17.1 Å². The number of hydrogen-bond donors (Lipinski definition) is 2. The summed E-state index contributed by atoms with van der Waals surface area (Å²) in [6, 6.07) is 13.2. The molecule has 1 aromatic heterocycles. The molecule has 24 heavy (non-hydrogen) atoms. The fourth-order valence-corrected chi connectivity index (χ4v) is 4.21. The highest BCUT2D eigenvalue weighted by molar-refractivity contribution is 7.91. The molecule has 0 aliphatic rings. The van der Waals surface area contributed by atoms with Crippen molar-refractivity contribution in [3.63, 3.8) is 0 Å². The van der Waals surface area contributed by atoms with Crippen LogP contribution in [0.3, 0.4) is 0 Å². The first-order chi connectivity index (χ1) is 11.3. The lowest BCUT2D eigenvalue weighted by Gasteiger charge is -2.07. The number of aryl methyl sites for hydroxylation is 1. The van der Waals surface area contributed by atoms with Crippen molar-refractivity contribution in [2.24, 2.45) is 0 Å². The van der Waals surface area contributed by atoms with Crippen LogP contribution >= 0.6 is 11.6 Å². The molecule has 0 saturated heterocycles.